The van der Waals surface area contributed by atoms with Crippen molar-refractivity contribution in [2.24, 2.45) is 0 Å². The Bertz CT molecular complexity index is 571. The fraction of sp³-hybridized carbons (Fsp3) is 0.100. The second kappa shape index (κ2) is 5.03. The number of rotatable bonds is 3. The van der Waals surface area contributed by atoms with Crippen LogP contribution in [0.2, 0.25) is 5.02 Å². The predicted molar refractivity (Wildman–Crippen MR) is 67.2 cm³/mol. The summed E-state index contributed by atoms with van der Waals surface area (Å²) < 4.78 is 4.87. The van der Waals surface area contributed by atoms with Crippen LogP contribution in [0, 0.1) is 6.92 Å². The van der Waals surface area contributed by atoms with Gasteiger partial charge in [0.15, 0.2) is 4.34 Å². The zero-order valence-electron chi connectivity index (χ0n) is 8.68. The number of hydrogen-bond acceptors (Lipinski definition) is 5. The molecule has 88 valence electrons. The highest BCUT2D eigenvalue weighted by molar-refractivity contribution is 8.01. The molecule has 1 N–H and O–H groups in total. The van der Waals surface area contributed by atoms with E-state index in [2.05, 4.69) is 9.36 Å². The van der Waals surface area contributed by atoms with Crippen LogP contribution in [0.15, 0.2) is 27.4 Å². The quantitative estimate of drug-likeness (QED) is 0.937. The van der Waals surface area contributed by atoms with Crippen molar-refractivity contribution in [3.63, 3.8) is 0 Å². The first-order valence-corrected chi connectivity index (χ1v) is 6.54. The van der Waals surface area contributed by atoms with Crippen LogP contribution in [0.1, 0.15) is 16.2 Å². The van der Waals surface area contributed by atoms with Crippen molar-refractivity contribution in [2.75, 3.05) is 0 Å². The van der Waals surface area contributed by atoms with Crippen molar-refractivity contribution in [2.45, 2.75) is 16.2 Å². The Labute approximate surface area is 111 Å². The lowest BCUT2D eigenvalue weighted by Crippen LogP contribution is -1.96. The minimum absolute atomic E-state index is 0.101. The lowest BCUT2D eigenvalue weighted by Gasteiger charge is -2.01. The number of hydrogen-bond donors (Lipinski definition) is 1. The van der Waals surface area contributed by atoms with Gasteiger partial charge in [-0.1, -0.05) is 23.4 Å². The molecule has 0 saturated carbocycles. The summed E-state index contributed by atoms with van der Waals surface area (Å²) in [4.78, 5) is 15.8. The molecule has 0 saturated heterocycles. The summed E-state index contributed by atoms with van der Waals surface area (Å²) in [7, 11) is 0. The summed E-state index contributed by atoms with van der Waals surface area (Å²) in [6, 6.07) is 4.81. The zero-order chi connectivity index (χ0) is 12.4. The summed E-state index contributed by atoms with van der Waals surface area (Å²) in [5.74, 6) is -0.302. The van der Waals surface area contributed by atoms with Gasteiger partial charge in [-0.3, -0.25) is 0 Å². The van der Waals surface area contributed by atoms with Gasteiger partial charge in [0.2, 0.25) is 0 Å². The van der Waals surface area contributed by atoms with Gasteiger partial charge in [0.05, 0.1) is 10.6 Å². The molecule has 0 fully saturated rings. The Hall–Kier alpha value is -1.11. The van der Waals surface area contributed by atoms with Crippen LogP contribution >= 0.6 is 34.9 Å². The molecule has 0 aliphatic heterocycles. The van der Waals surface area contributed by atoms with E-state index in [-0.39, 0.29) is 10.6 Å². The molecule has 0 amide bonds. The minimum Gasteiger partial charge on any atom is -0.478 e. The lowest BCUT2D eigenvalue weighted by atomic mass is 10.2. The van der Waals surface area contributed by atoms with Crippen LogP contribution in [0.4, 0.5) is 0 Å². The van der Waals surface area contributed by atoms with Gasteiger partial charge in [0.25, 0.3) is 0 Å². The topological polar surface area (TPSA) is 63.1 Å². The smallest absolute Gasteiger partial charge is 0.337 e. The average molecular weight is 287 g/mol. The van der Waals surface area contributed by atoms with Crippen LogP contribution in [-0.2, 0) is 0 Å². The van der Waals surface area contributed by atoms with E-state index in [4.69, 9.17) is 16.7 Å². The first kappa shape index (κ1) is 12.3. The molecule has 0 atom stereocenters. The van der Waals surface area contributed by atoms with Crippen molar-refractivity contribution < 1.29 is 9.90 Å². The summed E-state index contributed by atoms with van der Waals surface area (Å²) in [6.45, 7) is 1.82. The maximum atomic E-state index is 10.8. The summed E-state index contributed by atoms with van der Waals surface area (Å²) in [6.07, 6.45) is 0. The first-order valence-electron chi connectivity index (χ1n) is 4.57. The van der Waals surface area contributed by atoms with Crippen LogP contribution in [0.5, 0.6) is 0 Å². The first-order chi connectivity index (χ1) is 8.06. The van der Waals surface area contributed by atoms with Crippen molar-refractivity contribution in [1.82, 2.24) is 9.36 Å². The van der Waals surface area contributed by atoms with Crippen molar-refractivity contribution in [3.05, 3.63) is 34.6 Å². The molecular weight excluding hydrogens is 280 g/mol. The molecule has 7 heteroatoms. The van der Waals surface area contributed by atoms with E-state index in [1.165, 1.54) is 29.4 Å². The van der Waals surface area contributed by atoms with Crippen LogP contribution in [-0.4, -0.2) is 20.4 Å². The third kappa shape index (κ3) is 2.96. The van der Waals surface area contributed by atoms with Crippen LogP contribution < -0.4 is 0 Å². The standard InChI is InChI=1S/C10H7ClN2O2S2/c1-5-12-10(17-13-5)16-6-2-3-7(9(14)15)8(11)4-6/h2-4H,1H3,(H,14,15). The Balaban J connectivity index is 2.23. The van der Waals surface area contributed by atoms with Crippen molar-refractivity contribution in [1.29, 1.82) is 0 Å². The number of benzene rings is 1. The fourth-order valence-electron chi connectivity index (χ4n) is 1.15. The van der Waals surface area contributed by atoms with Crippen LogP contribution in [0.3, 0.4) is 0 Å². The molecule has 1 aromatic carbocycles. The molecule has 2 rings (SSSR count). The van der Waals surface area contributed by atoms with Gasteiger partial charge in [0, 0.05) is 4.90 Å². The second-order valence-electron chi connectivity index (χ2n) is 3.16. The number of carbonyl (C=O) groups is 1. The molecule has 1 heterocycles. The Kier molecular flexibility index (Phi) is 3.66. The van der Waals surface area contributed by atoms with Gasteiger partial charge in [-0.2, -0.15) is 4.37 Å². The molecule has 0 unspecified atom stereocenters. The maximum absolute atomic E-state index is 10.8. The fourth-order valence-corrected chi connectivity index (χ4v) is 3.14. The molecule has 0 radical (unpaired) electrons. The van der Waals surface area contributed by atoms with Crippen molar-refractivity contribution >= 4 is 40.9 Å². The number of aryl methyl sites for hydroxylation is 1. The summed E-state index contributed by atoms with van der Waals surface area (Å²) in [5, 5.41) is 9.06. The number of nitrogens with zero attached hydrogens (tertiary/aromatic N) is 2. The number of halogens is 1. The molecular formula is C10H7ClN2O2S2. The van der Waals surface area contributed by atoms with E-state index in [0.29, 0.717) is 0 Å². The van der Waals surface area contributed by atoms with Gasteiger partial charge in [0.1, 0.15) is 5.82 Å². The highest BCUT2D eigenvalue weighted by atomic mass is 35.5. The lowest BCUT2D eigenvalue weighted by molar-refractivity contribution is 0.0697. The Morgan fingerprint density at radius 3 is 2.82 bits per heavy atom. The van der Waals surface area contributed by atoms with Crippen LogP contribution in [0.25, 0.3) is 0 Å². The molecule has 0 aliphatic rings. The highest BCUT2D eigenvalue weighted by Gasteiger charge is 2.10. The normalized spacial score (nSPS) is 10.5. The SMILES string of the molecule is Cc1nsc(Sc2ccc(C(=O)O)c(Cl)c2)n1. The molecule has 17 heavy (non-hydrogen) atoms. The van der Waals surface area contributed by atoms with E-state index >= 15 is 0 Å². The number of aromatic nitrogens is 2. The van der Waals surface area contributed by atoms with E-state index in [9.17, 15) is 4.79 Å². The third-order valence-corrected chi connectivity index (χ3v) is 4.03. The summed E-state index contributed by atoms with van der Waals surface area (Å²) >= 11 is 8.58. The predicted octanol–water partition coefficient (Wildman–Crippen LogP) is 3.35. The Morgan fingerprint density at radius 1 is 1.53 bits per heavy atom. The van der Waals surface area contributed by atoms with E-state index in [1.807, 2.05) is 6.92 Å². The largest absolute Gasteiger partial charge is 0.478 e. The van der Waals surface area contributed by atoms with E-state index in [0.717, 1.165) is 15.1 Å². The average Bonchev–Trinajstić information content (AvgIpc) is 2.63. The summed E-state index contributed by atoms with van der Waals surface area (Å²) in [5.41, 5.74) is 0.101. The highest BCUT2D eigenvalue weighted by Crippen LogP contribution is 2.31. The number of carboxylic acids is 1. The van der Waals surface area contributed by atoms with Gasteiger partial charge < -0.3 is 5.11 Å². The second-order valence-corrected chi connectivity index (χ2v) is 5.64. The third-order valence-electron chi connectivity index (χ3n) is 1.89. The van der Waals surface area contributed by atoms with E-state index in [1.54, 1.807) is 12.1 Å². The molecule has 0 aliphatic carbocycles. The van der Waals surface area contributed by atoms with Gasteiger partial charge in [-0.25, -0.2) is 9.78 Å². The molecule has 0 spiro atoms. The monoisotopic (exact) mass is 286 g/mol. The zero-order valence-corrected chi connectivity index (χ0v) is 11.1. The molecule has 0 bridgehead atoms. The Morgan fingerprint density at radius 2 is 2.29 bits per heavy atom. The number of carboxylic acid groups (broad SMARTS) is 1. The van der Waals surface area contributed by atoms with Gasteiger partial charge in [-0.05, 0) is 36.7 Å². The molecule has 4 nitrogen and oxygen atoms in total. The molecule has 2 aromatic rings. The maximum Gasteiger partial charge on any atom is 0.337 e. The minimum atomic E-state index is -1.03. The van der Waals surface area contributed by atoms with E-state index < -0.39 is 5.97 Å². The molecule has 1 aromatic heterocycles. The number of aromatic carboxylic acids is 1. The van der Waals surface area contributed by atoms with Crippen molar-refractivity contribution in [3.8, 4) is 0 Å². The van der Waals surface area contributed by atoms with Gasteiger partial charge >= 0.3 is 5.97 Å². The van der Waals surface area contributed by atoms with Gasteiger partial charge in [-0.15, -0.1) is 0 Å².